The molecule has 0 aliphatic heterocycles. The smallest absolute Gasteiger partial charge is 0.354 e. The van der Waals surface area contributed by atoms with Crippen LogP contribution < -0.4 is 0 Å². The second-order valence-electron chi connectivity index (χ2n) is 2.90. The van der Waals surface area contributed by atoms with E-state index in [0.717, 1.165) is 0 Å². The second-order valence-corrected chi connectivity index (χ2v) is 3.31. The third-order valence-electron chi connectivity index (χ3n) is 1.84. The molecular formula is C10H6ClN3O2. The Morgan fingerprint density at radius 2 is 2.06 bits per heavy atom. The Morgan fingerprint density at radius 1 is 1.25 bits per heavy atom. The second kappa shape index (κ2) is 4.24. The van der Waals surface area contributed by atoms with Crippen molar-refractivity contribution < 1.29 is 9.90 Å². The molecule has 2 aromatic heterocycles. The number of pyridine rings is 1. The predicted molar refractivity (Wildman–Crippen MR) is 57.2 cm³/mol. The van der Waals surface area contributed by atoms with Gasteiger partial charge < -0.3 is 5.11 Å². The Balaban J connectivity index is 2.53. The van der Waals surface area contributed by atoms with Crippen molar-refractivity contribution in [3.63, 3.8) is 0 Å². The Labute approximate surface area is 95.8 Å². The summed E-state index contributed by atoms with van der Waals surface area (Å²) in [7, 11) is 0. The summed E-state index contributed by atoms with van der Waals surface area (Å²) >= 11 is 5.90. The third-order valence-corrected chi connectivity index (χ3v) is 2.15. The van der Waals surface area contributed by atoms with Crippen molar-refractivity contribution in [3.05, 3.63) is 41.3 Å². The summed E-state index contributed by atoms with van der Waals surface area (Å²) in [6.45, 7) is 0. The highest BCUT2D eigenvalue weighted by Crippen LogP contribution is 2.21. The zero-order chi connectivity index (χ0) is 11.5. The maximum Gasteiger partial charge on any atom is 0.354 e. The van der Waals surface area contributed by atoms with E-state index in [1.54, 1.807) is 12.1 Å². The SMILES string of the molecule is O=C(O)c1ccnc(-c2ncccc2Cl)n1. The number of hydrogen-bond acceptors (Lipinski definition) is 4. The number of halogens is 1. The Bertz CT molecular complexity index is 545. The van der Waals surface area contributed by atoms with Gasteiger partial charge in [0.2, 0.25) is 0 Å². The molecule has 0 unspecified atom stereocenters. The van der Waals surface area contributed by atoms with Gasteiger partial charge in [-0.25, -0.2) is 14.8 Å². The maximum atomic E-state index is 10.7. The predicted octanol–water partition coefficient (Wildman–Crippen LogP) is 1.89. The molecule has 0 saturated heterocycles. The van der Waals surface area contributed by atoms with E-state index in [4.69, 9.17) is 16.7 Å². The summed E-state index contributed by atoms with van der Waals surface area (Å²) in [5, 5.41) is 9.16. The van der Waals surface area contributed by atoms with E-state index in [0.29, 0.717) is 10.7 Å². The first-order chi connectivity index (χ1) is 7.68. The summed E-state index contributed by atoms with van der Waals surface area (Å²) in [4.78, 5) is 22.5. The number of carbonyl (C=O) groups is 1. The van der Waals surface area contributed by atoms with Gasteiger partial charge in [0.15, 0.2) is 11.5 Å². The van der Waals surface area contributed by atoms with Crippen molar-refractivity contribution in [2.24, 2.45) is 0 Å². The fourth-order valence-corrected chi connectivity index (χ4v) is 1.35. The van der Waals surface area contributed by atoms with Crippen LogP contribution in [0.15, 0.2) is 30.6 Å². The molecule has 16 heavy (non-hydrogen) atoms. The fourth-order valence-electron chi connectivity index (χ4n) is 1.14. The van der Waals surface area contributed by atoms with Crippen LogP contribution in [0.25, 0.3) is 11.5 Å². The lowest BCUT2D eigenvalue weighted by Crippen LogP contribution is -2.03. The quantitative estimate of drug-likeness (QED) is 0.860. The first kappa shape index (κ1) is 10.5. The molecule has 2 heterocycles. The average Bonchev–Trinajstić information content (AvgIpc) is 2.30. The molecule has 6 heteroatoms. The summed E-state index contributed by atoms with van der Waals surface area (Å²) in [6, 6.07) is 4.62. The van der Waals surface area contributed by atoms with Gasteiger partial charge in [-0.2, -0.15) is 0 Å². The average molecular weight is 236 g/mol. The first-order valence-electron chi connectivity index (χ1n) is 4.35. The number of carboxylic acids is 1. The van der Waals surface area contributed by atoms with Crippen molar-refractivity contribution >= 4 is 17.6 Å². The normalized spacial score (nSPS) is 10.1. The molecular weight excluding hydrogens is 230 g/mol. The minimum Gasteiger partial charge on any atom is -0.477 e. The molecule has 0 amide bonds. The van der Waals surface area contributed by atoms with Gasteiger partial charge in [0.1, 0.15) is 5.69 Å². The molecule has 0 atom stereocenters. The minimum absolute atomic E-state index is 0.0910. The largest absolute Gasteiger partial charge is 0.477 e. The van der Waals surface area contributed by atoms with Gasteiger partial charge in [-0.1, -0.05) is 11.6 Å². The third kappa shape index (κ3) is 1.99. The van der Waals surface area contributed by atoms with Crippen LogP contribution >= 0.6 is 11.6 Å². The zero-order valence-electron chi connectivity index (χ0n) is 7.96. The van der Waals surface area contributed by atoms with Gasteiger partial charge in [-0.15, -0.1) is 0 Å². The number of aromatic nitrogens is 3. The van der Waals surface area contributed by atoms with E-state index in [-0.39, 0.29) is 11.5 Å². The van der Waals surface area contributed by atoms with E-state index < -0.39 is 5.97 Å². The van der Waals surface area contributed by atoms with Crippen LogP contribution in [0.4, 0.5) is 0 Å². The number of nitrogens with zero attached hydrogens (tertiary/aromatic N) is 3. The van der Waals surface area contributed by atoms with Gasteiger partial charge in [-0.05, 0) is 18.2 Å². The van der Waals surface area contributed by atoms with Gasteiger partial charge in [0.05, 0.1) is 5.02 Å². The summed E-state index contributed by atoms with van der Waals surface area (Å²) < 4.78 is 0. The van der Waals surface area contributed by atoms with Crippen LogP contribution in [0.5, 0.6) is 0 Å². The van der Waals surface area contributed by atoms with Crippen molar-refractivity contribution in [2.45, 2.75) is 0 Å². The van der Waals surface area contributed by atoms with Crippen LogP contribution in [-0.4, -0.2) is 26.0 Å². The van der Waals surface area contributed by atoms with Gasteiger partial charge in [0.25, 0.3) is 0 Å². The molecule has 2 rings (SSSR count). The lowest BCUT2D eigenvalue weighted by atomic mass is 10.3. The standard InChI is InChI=1S/C10H6ClN3O2/c11-6-2-1-4-12-8(6)9-13-5-3-7(14-9)10(15)16/h1-5H,(H,15,16). The molecule has 0 bridgehead atoms. The van der Waals surface area contributed by atoms with Gasteiger partial charge in [0, 0.05) is 12.4 Å². The first-order valence-corrected chi connectivity index (χ1v) is 4.73. The topological polar surface area (TPSA) is 76.0 Å². The van der Waals surface area contributed by atoms with Crippen LogP contribution in [0.1, 0.15) is 10.5 Å². The maximum absolute atomic E-state index is 10.7. The van der Waals surface area contributed by atoms with E-state index in [9.17, 15) is 4.79 Å². The van der Waals surface area contributed by atoms with E-state index in [2.05, 4.69) is 15.0 Å². The summed E-state index contributed by atoms with van der Waals surface area (Å²) in [5.74, 6) is -0.916. The van der Waals surface area contributed by atoms with Crippen molar-refractivity contribution in [1.29, 1.82) is 0 Å². The molecule has 0 spiro atoms. The number of rotatable bonds is 2. The lowest BCUT2D eigenvalue weighted by Gasteiger charge is -2.01. The van der Waals surface area contributed by atoms with Crippen LogP contribution in [0.2, 0.25) is 5.02 Å². The lowest BCUT2D eigenvalue weighted by molar-refractivity contribution is 0.0690. The Hall–Kier alpha value is -2.01. The molecule has 0 fully saturated rings. The highest BCUT2D eigenvalue weighted by molar-refractivity contribution is 6.32. The molecule has 1 N–H and O–H groups in total. The van der Waals surface area contributed by atoms with Crippen LogP contribution in [-0.2, 0) is 0 Å². The summed E-state index contributed by atoms with van der Waals surface area (Å²) in [6.07, 6.45) is 2.90. The monoisotopic (exact) mass is 235 g/mol. The van der Waals surface area contributed by atoms with Gasteiger partial charge in [-0.3, -0.25) is 4.98 Å². The van der Waals surface area contributed by atoms with Crippen molar-refractivity contribution in [1.82, 2.24) is 15.0 Å². The van der Waals surface area contributed by atoms with Crippen LogP contribution in [0, 0.1) is 0 Å². The minimum atomic E-state index is -1.12. The zero-order valence-corrected chi connectivity index (χ0v) is 8.72. The van der Waals surface area contributed by atoms with Crippen LogP contribution in [0.3, 0.4) is 0 Å². The summed E-state index contributed by atoms with van der Waals surface area (Å²) in [5.41, 5.74) is 0.277. The number of hydrogen-bond donors (Lipinski definition) is 1. The van der Waals surface area contributed by atoms with Gasteiger partial charge >= 0.3 is 5.97 Å². The molecule has 0 aromatic carbocycles. The van der Waals surface area contributed by atoms with Crippen molar-refractivity contribution in [3.8, 4) is 11.5 Å². The molecule has 0 aliphatic carbocycles. The number of carboxylic acid groups (broad SMARTS) is 1. The van der Waals surface area contributed by atoms with E-state index in [1.165, 1.54) is 18.5 Å². The highest BCUT2D eigenvalue weighted by Gasteiger charge is 2.11. The molecule has 5 nitrogen and oxygen atoms in total. The molecule has 2 aromatic rings. The molecule has 0 radical (unpaired) electrons. The van der Waals surface area contributed by atoms with E-state index in [1.807, 2.05) is 0 Å². The molecule has 80 valence electrons. The molecule has 0 saturated carbocycles. The molecule has 0 aliphatic rings. The Morgan fingerprint density at radius 3 is 2.75 bits per heavy atom. The Kier molecular flexibility index (Phi) is 2.78. The highest BCUT2D eigenvalue weighted by atomic mass is 35.5. The fraction of sp³-hybridized carbons (Fsp3) is 0. The van der Waals surface area contributed by atoms with E-state index >= 15 is 0 Å². The number of aromatic carboxylic acids is 1. The van der Waals surface area contributed by atoms with Crippen molar-refractivity contribution in [2.75, 3.05) is 0 Å².